The van der Waals surface area contributed by atoms with Gasteiger partial charge in [0.25, 0.3) is 14.0 Å². The highest BCUT2D eigenvalue weighted by Crippen LogP contribution is 2.33. The van der Waals surface area contributed by atoms with Crippen LogP contribution in [0.1, 0.15) is 57.9 Å². The lowest BCUT2D eigenvalue weighted by molar-refractivity contribution is -0.120. The predicted molar refractivity (Wildman–Crippen MR) is 146 cm³/mol. The summed E-state index contributed by atoms with van der Waals surface area (Å²) in [4.78, 5) is 38.0. The van der Waals surface area contributed by atoms with Crippen LogP contribution in [0, 0.1) is 6.92 Å². The minimum atomic E-state index is -3.12. The second-order valence-electron chi connectivity index (χ2n) is 10.7. The van der Waals surface area contributed by atoms with Gasteiger partial charge >= 0.3 is 5.69 Å². The first-order chi connectivity index (χ1) is 17.9. The zero-order valence-corrected chi connectivity index (χ0v) is 23.8. The Kier molecular flexibility index (Phi) is 9.85. The van der Waals surface area contributed by atoms with Gasteiger partial charge in [-0.3, -0.25) is 18.7 Å². The Balaban J connectivity index is 1.58. The lowest BCUT2D eigenvalue weighted by Gasteiger charge is -2.30. The molecule has 0 aliphatic carbocycles. The van der Waals surface area contributed by atoms with Crippen LogP contribution < -0.4 is 21.8 Å². The fourth-order valence-electron chi connectivity index (χ4n) is 5.14. The second-order valence-corrected chi connectivity index (χ2v) is 15.2. The molecule has 1 fully saturated rings. The van der Waals surface area contributed by atoms with Crippen molar-refractivity contribution in [3.63, 3.8) is 0 Å². The number of carbonyl (C=O) groups is 1. The summed E-state index contributed by atoms with van der Waals surface area (Å²) in [5.74, 6) is -0.202. The highest BCUT2D eigenvalue weighted by molar-refractivity contribution is 6.88. The summed E-state index contributed by atoms with van der Waals surface area (Å²) in [6.07, 6.45) is -0.434. The number of rotatable bonds is 11. The first kappa shape index (κ1) is 29.9. The fraction of sp³-hybridized carbons (Fsp3) is 0.593. The van der Waals surface area contributed by atoms with Gasteiger partial charge in [-0.15, -0.1) is 0 Å². The minimum absolute atomic E-state index is 0.0450. The Morgan fingerprint density at radius 2 is 1.82 bits per heavy atom. The van der Waals surface area contributed by atoms with Crippen LogP contribution in [0.25, 0.3) is 0 Å². The molecule has 2 heterocycles. The molecule has 1 aliphatic heterocycles. The van der Waals surface area contributed by atoms with E-state index in [-0.39, 0.29) is 49.5 Å². The summed E-state index contributed by atoms with van der Waals surface area (Å²) in [5, 5.41) is 22.9. The molecule has 1 aromatic carbocycles. The van der Waals surface area contributed by atoms with Crippen molar-refractivity contribution in [1.29, 1.82) is 0 Å². The fourth-order valence-corrected chi connectivity index (χ4v) is 8.48. The second kappa shape index (κ2) is 12.5. The normalized spacial score (nSPS) is 19.9. The number of hydrogen-bond acceptors (Lipinski definition) is 6. The summed E-state index contributed by atoms with van der Waals surface area (Å²) in [6, 6.07) is 7.22. The Morgan fingerprint density at radius 3 is 2.37 bits per heavy atom. The van der Waals surface area contributed by atoms with E-state index in [1.54, 1.807) is 31.2 Å². The van der Waals surface area contributed by atoms with Crippen molar-refractivity contribution in [3.05, 3.63) is 62.4 Å². The molecular formula is C27H40FN3O6Si. The molecule has 2 aromatic rings. The third-order valence-electron chi connectivity index (χ3n) is 7.38. The zero-order valence-electron chi connectivity index (χ0n) is 22.8. The molecule has 1 aliphatic rings. The van der Waals surface area contributed by atoms with Gasteiger partial charge in [-0.1, -0.05) is 52.0 Å². The number of aliphatic hydroxyl groups excluding tert-OH is 2. The average Bonchev–Trinajstić information content (AvgIpc) is 3.25. The lowest BCUT2D eigenvalue weighted by atomic mass is 10.1. The average molecular weight is 549 g/mol. The zero-order chi connectivity index (χ0) is 28.2. The number of benzene rings is 1. The van der Waals surface area contributed by atoms with E-state index >= 15 is 4.11 Å². The minimum Gasteiger partial charge on any atom is -0.394 e. The summed E-state index contributed by atoms with van der Waals surface area (Å²) >= 11 is 0. The van der Waals surface area contributed by atoms with Gasteiger partial charge in [-0.25, -0.2) is 4.79 Å². The van der Waals surface area contributed by atoms with Crippen LogP contribution >= 0.6 is 0 Å². The van der Waals surface area contributed by atoms with Gasteiger partial charge in [0.2, 0.25) is 5.91 Å². The predicted octanol–water partition coefficient (Wildman–Crippen LogP) is 1.65. The van der Waals surface area contributed by atoms with E-state index in [4.69, 9.17) is 4.74 Å². The van der Waals surface area contributed by atoms with Crippen LogP contribution in [-0.2, 0) is 22.5 Å². The van der Waals surface area contributed by atoms with E-state index in [0.717, 1.165) is 15.3 Å². The lowest BCUT2D eigenvalue weighted by Crippen LogP contribution is -2.49. The molecule has 3 atom stereocenters. The van der Waals surface area contributed by atoms with E-state index in [9.17, 15) is 24.6 Å². The Labute approximate surface area is 223 Å². The Bertz CT molecular complexity index is 1220. The number of amides is 1. The van der Waals surface area contributed by atoms with E-state index in [1.807, 2.05) is 27.7 Å². The summed E-state index contributed by atoms with van der Waals surface area (Å²) in [5.41, 5.74) is 0.0434. The third-order valence-corrected chi connectivity index (χ3v) is 12.0. The maximum atomic E-state index is 15.7. The molecule has 38 heavy (non-hydrogen) atoms. The third kappa shape index (κ3) is 6.33. The van der Waals surface area contributed by atoms with Gasteiger partial charge < -0.3 is 24.4 Å². The van der Waals surface area contributed by atoms with E-state index < -0.39 is 38.1 Å². The molecule has 9 nitrogen and oxygen atoms in total. The quantitative estimate of drug-likeness (QED) is 0.223. The van der Waals surface area contributed by atoms with Crippen molar-refractivity contribution in [3.8, 4) is 0 Å². The first-order valence-corrected chi connectivity index (χ1v) is 15.2. The topological polar surface area (TPSA) is 123 Å². The number of carbonyl (C=O) groups excluding carboxylic acids is 1. The van der Waals surface area contributed by atoms with Crippen LogP contribution in [-0.4, -0.2) is 59.0 Å². The maximum absolute atomic E-state index is 15.7. The van der Waals surface area contributed by atoms with Crippen molar-refractivity contribution in [2.24, 2.45) is 0 Å². The maximum Gasteiger partial charge on any atom is 0.333 e. The van der Waals surface area contributed by atoms with E-state index in [1.165, 1.54) is 10.8 Å². The number of aromatic nitrogens is 2. The number of aliphatic hydroxyl groups is 2. The molecule has 11 heteroatoms. The molecule has 210 valence electrons. The SMILES string of the molecule is Cc1cn(C2C[C@H](O)[C@@H](CO)O2)c(=O)n(CCCNC(=O)Cc2ccc([Si]([18F])(C(C)C)C(C)C)cc2)c1=O. The largest absolute Gasteiger partial charge is 0.394 e. The van der Waals surface area contributed by atoms with Gasteiger partial charge in [-0.05, 0) is 35.2 Å². The summed E-state index contributed by atoms with van der Waals surface area (Å²) < 4.78 is 23.7. The van der Waals surface area contributed by atoms with Crippen LogP contribution in [0.3, 0.4) is 0 Å². The van der Waals surface area contributed by atoms with Gasteiger partial charge in [-0.2, -0.15) is 0 Å². The molecule has 1 saturated heterocycles. The molecule has 0 bridgehead atoms. The molecular weight excluding hydrogens is 508 g/mol. The number of aryl methyl sites for hydroxylation is 1. The number of hydrogen-bond donors (Lipinski definition) is 3. The van der Waals surface area contributed by atoms with Gasteiger partial charge in [0, 0.05) is 31.3 Å². The molecule has 3 N–H and O–H groups in total. The van der Waals surface area contributed by atoms with Crippen LogP contribution in [0.4, 0.5) is 4.11 Å². The monoisotopic (exact) mass is 548 g/mol. The molecule has 0 spiro atoms. The van der Waals surface area contributed by atoms with Crippen LogP contribution in [0.2, 0.25) is 11.1 Å². The van der Waals surface area contributed by atoms with Crippen molar-refractivity contribution in [2.45, 2.75) is 89.9 Å². The van der Waals surface area contributed by atoms with Crippen LogP contribution in [0.5, 0.6) is 0 Å². The molecule has 3 rings (SSSR count). The molecule has 1 amide bonds. The number of halogens is 1. The van der Waals surface area contributed by atoms with Gasteiger partial charge in [0.05, 0.1) is 19.1 Å². The van der Waals surface area contributed by atoms with E-state index in [0.29, 0.717) is 12.0 Å². The highest BCUT2D eigenvalue weighted by atomic mass is 28.4. The summed E-state index contributed by atoms with van der Waals surface area (Å²) in [7, 11) is -3.12. The molecule has 1 aromatic heterocycles. The van der Waals surface area contributed by atoms with Crippen molar-refractivity contribution in [1.82, 2.24) is 14.5 Å². The number of ether oxygens (including phenoxy) is 1. The van der Waals surface area contributed by atoms with E-state index in [2.05, 4.69) is 5.32 Å². The Morgan fingerprint density at radius 1 is 1.18 bits per heavy atom. The molecule has 0 saturated carbocycles. The number of nitrogens with zero attached hydrogens (tertiary/aromatic N) is 2. The first-order valence-electron chi connectivity index (χ1n) is 13.2. The highest BCUT2D eigenvalue weighted by Gasteiger charge is 2.43. The number of nitrogens with one attached hydrogen (secondary N) is 1. The van der Waals surface area contributed by atoms with Crippen molar-refractivity contribution in [2.75, 3.05) is 13.2 Å². The summed E-state index contributed by atoms with van der Waals surface area (Å²) in [6.45, 7) is 9.28. The smallest absolute Gasteiger partial charge is 0.333 e. The Hall–Kier alpha value is -2.60. The standard InChI is InChI=1S/C27H40FN3O6Si/c1-17(2)38(28,18(3)4)21-9-7-20(8-10-21)13-24(34)29-11-6-12-30-26(35)19(5)15-31(27(30)36)25-14-22(33)23(16-32)37-25/h7-10,15,17-18,22-23,25,32-33H,6,11-14,16H2,1-5H3,(H,29,34)/t22-,23+,25?/m0/s1/i28-1. The van der Waals surface area contributed by atoms with Crippen LogP contribution in [0.15, 0.2) is 40.1 Å². The van der Waals surface area contributed by atoms with Crippen molar-refractivity contribution < 1.29 is 23.9 Å². The molecule has 1 unspecified atom stereocenters. The van der Waals surface area contributed by atoms with Gasteiger partial charge in [0.1, 0.15) is 12.3 Å². The van der Waals surface area contributed by atoms with Gasteiger partial charge in [0.15, 0.2) is 0 Å². The molecule has 0 radical (unpaired) electrons. The van der Waals surface area contributed by atoms with Crippen molar-refractivity contribution >= 4 is 19.5 Å².